The predicted molar refractivity (Wildman–Crippen MR) is 102 cm³/mol. The zero-order valence-corrected chi connectivity index (χ0v) is 16.6. The van der Waals surface area contributed by atoms with E-state index < -0.39 is 10.0 Å². The summed E-state index contributed by atoms with van der Waals surface area (Å²) in [5.41, 5.74) is 2.65. The number of aromatic amines is 1. The Hall–Kier alpha value is -1.83. The van der Waals surface area contributed by atoms with Gasteiger partial charge >= 0.3 is 0 Å². The number of sulfonamides is 1. The number of nitrogens with one attached hydrogen (secondary N) is 2. The van der Waals surface area contributed by atoms with Crippen molar-refractivity contribution in [3.8, 4) is 0 Å². The van der Waals surface area contributed by atoms with Crippen LogP contribution >= 0.6 is 11.6 Å². The monoisotopic (exact) mass is 395 g/mol. The molecule has 6 nitrogen and oxygen atoms in total. The predicted octanol–water partition coefficient (Wildman–Crippen LogP) is 3.63. The van der Waals surface area contributed by atoms with Crippen LogP contribution in [0.3, 0.4) is 0 Å². The van der Waals surface area contributed by atoms with Crippen LogP contribution in [0.15, 0.2) is 23.1 Å². The third-order valence-electron chi connectivity index (χ3n) is 4.70. The van der Waals surface area contributed by atoms with Crippen LogP contribution in [-0.2, 0) is 10.0 Å². The Balaban J connectivity index is 1.93. The molecule has 26 heavy (non-hydrogen) atoms. The van der Waals surface area contributed by atoms with Gasteiger partial charge in [-0.25, -0.2) is 8.42 Å². The lowest BCUT2D eigenvalue weighted by atomic mass is 10.2. The molecule has 1 fully saturated rings. The molecule has 140 valence electrons. The van der Waals surface area contributed by atoms with Crippen molar-refractivity contribution in [2.24, 2.45) is 0 Å². The van der Waals surface area contributed by atoms with Gasteiger partial charge in [0.05, 0.1) is 0 Å². The molecule has 2 aromatic rings. The van der Waals surface area contributed by atoms with E-state index in [1.54, 1.807) is 32.0 Å². The van der Waals surface area contributed by atoms with Crippen molar-refractivity contribution in [1.29, 1.82) is 0 Å². The highest BCUT2D eigenvalue weighted by Crippen LogP contribution is 2.29. The molecule has 0 spiro atoms. The molecule has 0 bridgehead atoms. The van der Waals surface area contributed by atoms with Gasteiger partial charge in [0.2, 0.25) is 10.0 Å². The van der Waals surface area contributed by atoms with E-state index in [1.165, 1.54) is 4.31 Å². The number of nitrogens with zero attached hydrogens (tertiary/aromatic N) is 1. The summed E-state index contributed by atoms with van der Waals surface area (Å²) in [6.07, 6.45) is 1.73. The smallest absolute Gasteiger partial charge is 0.272 e. The highest BCUT2D eigenvalue weighted by molar-refractivity contribution is 7.89. The molecule has 1 aliphatic heterocycles. The van der Waals surface area contributed by atoms with E-state index in [-0.39, 0.29) is 16.5 Å². The number of hydrogen-bond acceptors (Lipinski definition) is 3. The average Bonchev–Trinajstić information content (AvgIpc) is 3.19. The van der Waals surface area contributed by atoms with Crippen LogP contribution in [0.5, 0.6) is 0 Å². The fraction of sp³-hybridized carbons (Fsp3) is 0.389. The molecule has 1 aromatic heterocycles. The van der Waals surface area contributed by atoms with Crippen molar-refractivity contribution in [2.45, 2.75) is 38.5 Å². The van der Waals surface area contributed by atoms with Crippen molar-refractivity contribution in [3.63, 3.8) is 0 Å². The molecule has 1 amide bonds. The molecular formula is C18H22ClN3O3S. The maximum atomic E-state index is 12.9. The van der Waals surface area contributed by atoms with Crippen molar-refractivity contribution in [3.05, 3.63) is 45.7 Å². The number of carbonyl (C=O) groups excluding carboxylic acids is 1. The van der Waals surface area contributed by atoms with Crippen LogP contribution in [0.25, 0.3) is 0 Å². The molecule has 2 heterocycles. The summed E-state index contributed by atoms with van der Waals surface area (Å²) in [6, 6.07) is 5.18. The summed E-state index contributed by atoms with van der Waals surface area (Å²) >= 11 is 5.94. The Labute approximate surface area is 158 Å². The molecule has 0 aliphatic carbocycles. The van der Waals surface area contributed by atoms with Gasteiger partial charge in [0.1, 0.15) is 10.6 Å². The topological polar surface area (TPSA) is 82.3 Å². The molecule has 3 rings (SSSR count). The van der Waals surface area contributed by atoms with Gasteiger partial charge in [0.25, 0.3) is 5.91 Å². The molecular weight excluding hydrogens is 374 g/mol. The second-order valence-electron chi connectivity index (χ2n) is 6.60. The fourth-order valence-electron chi connectivity index (χ4n) is 3.36. The minimum atomic E-state index is -3.59. The highest BCUT2D eigenvalue weighted by Gasteiger charge is 2.33. The number of H-pyrrole nitrogens is 1. The van der Waals surface area contributed by atoms with Crippen LogP contribution in [0.4, 0.5) is 5.69 Å². The average molecular weight is 396 g/mol. The fourth-order valence-corrected chi connectivity index (χ4v) is 5.51. The second kappa shape index (κ2) is 7.06. The summed E-state index contributed by atoms with van der Waals surface area (Å²) in [4.78, 5) is 15.9. The molecule has 1 aromatic carbocycles. The number of halogens is 1. The van der Waals surface area contributed by atoms with E-state index in [0.717, 1.165) is 18.4 Å². The number of carbonyl (C=O) groups is 1. The Kier molecular flexibility index (Phi) is 5.14. The van der Waals surface area contributed by atoms with Crippen molar-refractivity contribution in [2.75, 3.05) is 18.4 Å². The Morgan fingerprint density at radius 2 is 1.85 bits per heavy atom. The van der Waals surface area contributed by atoms with Crippen LogP contribution in [-0.4, -0.2) is 36.7 Å². The van der Waals surface area contributed by atoms with Crippen LogP contribution in [0.1, 0.15) is 40.2 Å². The summed E-state index contributed by atoms with van der Waals surface area (Å²) in [7, 11) is -3.59. The second-order valence-corrected chi connectivity index (χ2v) is 8.91. The number of anilines is 1. The van der Waals surface area contributed by atoms with Gasteiger partial charge in [0.15, 0.2) is 0 Å². The standard InChI is InChI=1S/C18H22ClN3O3S/c1-11-10-14(19)6-7-15(11)21-18(23)16-12(2)17(13(3)20-16)26(24,25)22-8-4-5-9-22/h6-7,10,20H,4-5,8-9H2,1-3H3,(H,21,23). The van der Waals surface area contributed by atoms with Crippen LogP contribution in [0.2, 0.25) is 5.02 Å². The third-order valence-corrected chi connectivity index (χ3v) is 7.10. The lowest BCUT2D eigenvalue weighted by Gasteiger charge is -2.16. The summed E-state index contributed by atoms with van der Waals surface area (Å²) < 4.78 is 27.3. The zero-order chi connectivity index (χ0) is 19.1. The number of rotatable bonds is 4. The third kappa shape index (κ3) is 3.39. The van der Waals surface area contributed by atoms with Gasteiger partial charge in [0, 0.05) is 29.5 Å². The van der Waals surface area contributed by atoms with E-state index in [4.69, 9.17) is 11.6 Å². The van der Waals surface area contributed by atoms with Gasteiger partial charge < -0.3 is 10.3 Å². The lowest BCUT2D eigenvalue weighted by molar-refractivity contribution is 0.102. The minimum Gasteiger partial charge on any atom is -0.353 e. The van der Waals surface area contributed by atoms with Crippen molar-refractivity contribution in [1.82, 2.24) is 9.29 Å². The van der Waals surface area contributed by atoms with Crippen LogP contribution in [0, 0.1) is 20.8 Å². The van der Waals surface area contributed by atoms with Gasteiger partial charge in [-0.3, -0.25) is 4.79 Å². The Bertz CT molecular complexity index is 960. The summed E-state index contributed by atoms with van der Waals surface area (Å²) in [5, 5.41) is 3.41. The van der Waals surface area contributed by atoms with E-state index in [0.29, 0.717) is 35.1 Å². The number of aromatic nitrogens is 1. The number of aryl methyl sites for hydroxylation is 2. The molecule has 8 heteroatoms. The van der Waals surface area contributed by atoms with E-state index in [1.807, 2.05) is 6.92 Å². The first-order valence-corrected chi connectivity index (χ1v) is 10.3. The lowest BCUT2D eigenvalue weighted by Crippen LogP contribution is -2.28. The molecule has 1 saturated heterocycles. The normalized spacial score (nSPS) is 15.4. The van der Waals surface area contributed by atoms with E-state index in [9.17, 15) is 13.2 Å². The molecule has 0 radical (unpaired) electrons. The highest BCUT2D eigenvalue weighted by atomic mass is 35.5. The van der Waals surface area contributed by atoms with E-state index >= 15 is 0 Å². The van der Waals surface area contributed by atoms with Gasteiger partial charge in [-0.15, -0.1) is 0 Å². The largest absolute Gasteiger partial charge is 0.353 e. The maximum absolute atomic E-state index is 12.9. The minimum absolute atomic E-state index is 0.206. The van der Waals surface area contributed by atoms with Gasteiger partial charge in [-0.05, 0) is 62.9 Å². The Morgan fingerprint density at radius 1 is 1.19 bits per heavy atom. The molecule has 0 atom stereocenters. The molecule has 0 saturated carbocycles. The molecule has 1 aliphatic rings. The Morgan fingerprint density at radius 3 is 2.46 bits per heavy atom. The van der Waals surface area contributed by atoms with Gasteiger partial charge in [-0.2, -0.15) is 4.31 Å². The molecule has 0 unspecified atom stereocenters. The van der Waals surface area contributed by atoms with Crippen molar-refractivity contribution >= 4 is 33.2 Å². The number of hydrogen-bond donors (Lipinski definition) is 2. The first kappa shape index (κ1) is 18.9. The van der Waals surface area contributed by atoms with E-state index in [2.05, 4.69) is 10.3 Å². The summed E-state index contributed by atoms with van der Waals surface area (Å²) in [5.74, 6) is -0.376. The number of benzene rings is 1. The zero-order valence-electron chi connectivity index (χ0n) is 15.0. The molecule has 2 N–H and O–H groups in total. The van der Waals surface area contributed by atoms with Crippen LogP contribution < -0.4 is 5.32 Å². The maximum Gasteiger partial charge on any atom is 0.272 e. The SMILES string of the molecule is Cc1cc(Cl)ccc1NC(=O)c1[nH]c(C)c(S(=O)(=O)N2CCCC2)c1C. The van der Waals surface area contributed by atoms with Crippen molar-refractivity contribution < 1.29 is 13.2 Å². The number of amides is 1. The summed E-state index contributed by atoms with van der Waals surface area (Å²) in [6.45, 7) is 6.24. The first-order valence-electron chi connectivity index (χ1n) is 8.48. The quantitative estimate of drug-likeness (QED) is 0.829. The first-order chi connectivity index (χ1) is 12.2. The van der Waals surface area contributed by atoms with Gasteiger partial charge in [-0.1, -0.05) is 11.6 Å².